The van der Waals surface area contributed by atoms with Gasteiger partial charge in [-0.3, -0.25) is 4.79 Å². The number of aryl methyl sites for hydroxylation is 2. The highest BCUT2D eigenvalue weighted by molar-refractivity contribution is 5.76. The molecule has 1 saturated carbocycles. The molecular weight excluding hydrogens is 360 g/mol. The van der Waals surface area contributed by atoms with Crippen LogP contribution in [0, 0.1) is 19.8 Å². The average molecular weight is 393 g/mol. The molecule has 4 rings (SSSR count). The predicted molar refractivity (Wildman–Crippen MR) is 117 cm³/mol. The molecule has 1 aromatic heterocycles. The summed E-state index contributed by atoms with van der Waals surface area (Å²) in [5.74, 6) is 2.85. The summed E-state index contributed by atoms with van der Waals surface area (Å²) in [6, 6.07) is 10.4. The maximum Gasteiger partial charge on any atom is 0.222 e. The molecule has 2 aromatic rings. The second-order valence-electron chi connectivity index (χ2n) is 8.61. The van der Waals surface area contributed by atoms with Crippen molar-refractivity contribution in [2.75, 3.05) is 31.1 Å². The largest absolute Gasteiger partial charge is 0.353 e. The molecule has 0 atom stereocenters. The Labute approximate surface area is 174 Å². The van der Waals surface area contributed by atoms with Crippen LogP contribution in [0.5, 0.6) is 0 Å². The lowest BCUT2D eigenvalue weighted by Crippen LogP contribution is -2.49. The third-order valence-corrected chi connectivity index (χ3v) is 6.35. The molecule has 1 aliphatic heterocycles. The van der Waals surface area contributed by atoms with Gasteiger partial charge in [0.15, 0.2) is 5.82 Å². The lowest BCUT2D eigenvalue weighted by atomic mass is 10.0. The van der Waals surface area contributed by atoms with Gasteiger partial charge in [0.25, 0.3) is 0 Å². The van der Waals surface area contributed by atoms with E-state index in [1.54, 1.807) is 0 Å². The molecule has 154 valence electrons. The van der Waals surface area contributed by atoms with Crippen molar-refractivity contribution in [2.24, 2.45) is 5.92 Å². The molecule has 1 aromatic carbocycles. The Morgan fingerprint density at radius 2 is 1.69 bits per heavy atom. The molecule has 2 heterocycles. The van der Waals surface area contributed by atoms with Crippen LogP contribution in [-0.4, -0.2) is 47.0 Å². The van der Waals surface area contributed by atoms with Crippen LogP contribution >= 0.6 is 0 Å². The smallest absolute Gasteiger partial charge is 0.222 e. The van der Waals surface area contributed by atoms with Crippen molar-refractivity contribution < 1.29 is 4.79 Å². The van der Waals surface area contributed by atoms with E-state index in [0.29, 0.717) is 5.91 Å². The van der Waals surface area contributed by atoms with E-state index in [1.807, 2.05) is 11.8 Å². The first-order valence-electron chi connectivity index (χ1n) is 11.0. The van der Waals surface area contributed by atoms with Gasteiger partial charge < -0.3 is 9.80 Å². The molecule has 29 heavy (non-hydrogen) atoms. The molecule has 0 radical (unpaired) electrons. The summed E-state index contributed by atoms with van der Waals surface area (Å²) in [6.07, 6.45) is 7.12. The highest BCUT2D eigenvalue weighted by Crippen LogP contribution is 2.29. The van der Waals surface area contributed by atoms with Crippen LogP contribution in [0.15, 0.2) is 30.3 Å². The summed E-state index contributed by atoms with van der Waals surface area (Å²) in [7, 11) is 0. The second-order valence-corrected chi connectivity index (χ2v) is 8.61. The third-order valence-electron chi connectivity index (χ3n) is 6.35. The van der Waals surface area contributed by atoms with Gasteiger partial charge in [0, 0.05) is 49.9 Å². The zero-order valence-electron chi connectivity index (χ0n) is 17.7. The Morgan fingerprint density at radius 3 is 2.38 bits per heavy atom. The highest BCUT2D eigenvalue weighted by atomic mass is 16.2. The second kappa shape index (κ2) is 8.93. The summed E-state index contributed by atoms with van der Waals surface area (Å²) in [6.45, 7) is 7.34. The van der Waals surface area contributed by atoms with Crippen LogP contribution in [0.2, 0.25) is 0 Å². The number of aromatic nitrogens is 2. The van der Waals surface area contributed by atoms with Gasteiger partial charge in [0.2, 0.25) is 5.91 Å². The van der Waals surface area contributed by atoms with Crippen molar-refractivity contribution in [3.63, 3.8) is 0 Å². The number of piperazine rings is 1. The molecule has 2 fully saturated rings. The molecular formula is C24H32N4O. The van der Waals surface area contributed by atoms with E-state index in [0.717, 1.165) is 67.8 Å². The molecule has 1 aliphatic carbocycles. The molecule has 0 bridgehead atoms. The quantitative estimate of drug-likeness (QED) is 0.758. The van der Waals surface area contributed by atoms with Crippen molar-refractivity contribution in [2.45, 2.75) is 52.4 Å². The minimum absolute atomic E-state index is 0.329. The van der Waals surface area contributed by atoms with Gasteiger partial charge in [0.05, 0.1) is 0 Å². The maximum absolute atomic E-state index is 12.6. The fraction of sp³-hybridized carbons (Fsp3) is 0.542. The Bertz CT molecular complexity index is 834. The van der Waals surface area contributed by atoms with Gasteiger partial charge >= 0.3 is 0 Å². The van der Waals surface area contributed by atoms with Crippen LogP contribution in [0.3, 0.4) is 0 Å². The van der Waals surface area contributed by atoms with Gasteiger partial charge in [-0.2, -0.15) is 0 Å². The molecule has 2 aliphatic rings. The number of carbonyl (C=O) groups excluding carboxylic acids is 1. The monoisotopic (exact) mass is 392 g/mol. The third kappa shape index (κ3) is 4.95. The van der Waals surface area contributed by atoms with Crippen LogP contribution in [0.4, 0.5) is 5.82 Å². The first kappa shape index (κ1) is 19.9. The molecule has 5 nitrogen and oxygen atoms in total. The molecule has 0 spiro atoms. The normalized spacial score (nSPS) is 17.7. The standard InChI is InChI=1S/C24H32N4O/c1-18-7-10-21(11-8-18)24-25-19(2)17-22(26-24)27-13-15-28(16-14-27)23(29)12-9-20-5-3-4-6-20/h7-8,10-11,17,20H,3-6,9,12-16H2,1-2H3. The van der Waals surface area contributed by atoms with Crippen LogP contribution in [0.25, 0.3) is 11.4 Å². The van der Waals surface area contributed by atoms with Crippen molar-refractivity contribution in [1.29, 1.82) is 0 Å². The fourth-order valence-corrected chi connectivity index (χ4v) is 4.52. The Hall–Kier alpha value is -2.43. The van der Waals surface area contributed by atoms with E-state index in [9.17, 15) is 4.79 Å². The van der Waals surface area contributed by atoms with E-state index < -0.39 is 0 Å². The minimum Gasteiger partial charge on any atom is -0.353 e. The number of hydrogen-bond donors (Lipinski definition) is 0. The summed E-state index contributed by atoms with van der Waals surface area (Å²) >= 11 is 0. The van der Waals surface area contributed by atoms with Crippen molar-refractivity contribution >= 4 is 11.7 Å². The Morgan fingerprint density at radius 1 is 1.00 bits per heavy atom. The van der Waals surface area contributed by atoms with Gasteiger partial charge in [-0.15, -0.1) is 0 Å². The molecule has 0 unspecified atom stereocenters. The van der Waals surface area contributed by atoms with E-state index in [-0.39, 0.29) is 0 Å². The van der Waals surface area contributed by atoms with E-state index in [2.05, 4.69) is 47.1 Å². The fourth-order valence-electron chi connectivity index (χ4n) is 4.52. The van der Waals surface area contributed by atoms with Gasteiger partial charge in [-0.05, 0) is 26.2 Å². The number of carbonyl (C=O) groups is 1. The molecule has 5 heteroatoms. The zero-order valence-corrected chi connectivity index (χ0v) is 17.7. The number of amides is 1. The van der Waals surface area contributed by atoms with Crippen molar-refractivity contribution in [1.82, 2.24) is 14.9 Å². The number of benzene rings is 1. The summed E-state index contributed by atoms with van der Waals surface area (Å²) < 4.78 is 0. The van der Waals surface area contributed by atoms with E-state index in [4.69, 9.17) is 4.98 Å². The minimum atomic E-state index is 0.329. The topological polar surface area (TPSA) is 49.3 Å². The van der Waals surface area contributed by atoms with Crippen molar-refractivity contribution in [3.8, 4) is 11.4 Å². The van der Waals surface area contributed by atoms with E-state index >= 15 is 0 Å². The summed E-state index contributed by atoms with van der Waals surface area (Å²) in [5.41, 5.74) is 3.25. The number of rotatable bonds is 5. The van der Waals surface area contributed by atoms with Gasteiger partial charge in [-0.1, -0.05) is 55.5 Å². The number of anilines is 1. The Kier molecular flexibility index (Phi) is 6.12. The van der Waals surface area contributed by atoms with Crippen LogP contribution < -0.4 is 4.90 Å². The van der Waals surface area contributed by atoms with Crippen LogP contribution in [-0.2, 0) is 4.79 Å². The first-order valence-corrected chi connectivity index (χ1v) is 11.0. The van der Waals surface area contributed by atoms with Gasteiger partial charge in [0.1, 0.15) is 5.82 Å². The van der Waals surface area contributed by atoms with Crippen LogP contribution in [0.1, 0.15) is 49.8 Å². The number of nitrogens with zero attached hydrogens (tertiary/aromatic N) is 4. The molecule has 0 N–H and O–H groups in total. The Balaban J connectivity index is 1.36. The highest BCUT2D eigenvalue weighted by Gasteiger charge is 2.24. The lowest BCUT2D eigenvalue weighted by molar-refractivity contribution is -0.131. The average Bonchev–Trinajstić information content (AvgIpc) is 3.26. The molecule has 1 saturated heterocycles. The summed E-state index contributed by atoms with van der Waals surface area (Å²) in [5, 5.41) is 0. The van der Waals surface area contributed by atoms with E-state index in [1.165, 1.54) is 31.2 Å². The van der Waals surface area contributed by atoms with Gasteiger partial charge in [-0.25, -0.2) is 9.97 Å². The first-order chi connectivity index (χ1) is 14.1. The lowest BCUT2D eigenvalue weighted by Gasteiger charge is -2.35. The predicted octanol–water partition coefficient (Wildman–Crippen LogP) is 4.38. The SMILES string of the molecule is Cc1ccc(-c2nc(C)cc(N3CCN(C(=O)CCC4CCCC4)CC3)n2)cc1. The maximum atomic E-state index is 12.6. The number of hydrogen-bond acceptors (Lipinski definition) is 4. The van der Waals surface area contributed by atoms with Crippen molar-refractivity contribution in [3.05, 3.63) is 41.6 Å². The summed E-state index contributed by atoms with van der Waals surface area (Å²) in [4.78, 5) is 26.4. The zero-order chi connectivity index (χ0) is 20.2. The molecule has 1 amide bonds.